The topological polar surface area (TPSA) is 52.3 Å². The molecule has 0 fully saturated rings. The van der Waals surface area contributed by atoms with E-state index in [9.17, 15) is 4.79 Å². The van der Waals surface area contributed by atoms with Crippen molar-refractivity contribution in [3.63, 3.8) is 0 Å². The Morgan fingerprint density at radius 2 is 2.40 bits per heavy atom. The lowest BCUT2D eigenvalue weighted by Crippen LogP contribution is -2.13. The smallest absolute Gasteiger partial charge is 0.170 e. The van der Waals surface area contributed by atoms with Crippen LogP contribution in [0.3, 0.4) is 0 Å². The zero-order chi connectivity index (χ0) is 7.82. The summed E-state index contributed by atoms with van der Waals surface area (Å²) < 4.78 is 4.83. The first-order chi connectivity index (χ1) is 4.81. The van der Waals surface area contributed by atoms with Crippen LogP contribution in [0.2, 0.25) is 0 Å². The number of carbonyl (C=O) groups excluding carboxylic acids is 1. The zero-order valence-electron chi connectivity index (χ0n) is 5.80. The second kappa shape index (κ2) is 6.27. The maximum Gasteiger partial charge on any atom is 0.170 e. The van der Waals surface area contributed by atoms with Gasteiger partial charge in [-0.15, -0.1) is 6.42 Å². The predicted molar refractivity (Wildman–Crippen MR) is 38.3 cm³/mol. The van der Waals surface area contributed by atoms with Crippen molar-refractivity contribution in [2.45, 2.75) is 6.42 Å². The Bertz CT molecular complexity index is 137. The molecule has 56 valence electrons. The summed E-state index contributed by atoms with van der Waals surface area (Å²) in [5.74, 6) is 2.16. The molecular formula is C7H11NO2. The van der Waals surface area contributed by atoms with Gasteiger partial charge in [0.05, 0.1) is 13.0 Å². The molecule has 0 radical (unpaired) electrons. The van der Waals surface area contributed by atoms with E-state index in [-0.39, 0.29) is 18.8 Å². The Labute approximate surface area is 60.5 Å². The third-order valence-corrected chi connectivity index (χ3v) is 0.824. The molecule has 0 heterocycles. The summed E-state index contributed by atoms with van der Waals surface area (Å²) in [4.78, 5) is 10.6. The minimum Gasteiger partial charge on any atom is -0.372 e. The van der Waals surface area contributed by atoms with E-state index < -0.39 is 0 Å². The van der Waals surface area contributed by atoms with E-state index in [0.29, 0.717) is 13.2 Å². The van der Waals surface area contributed by atoms with E-state index in [1.54, 1.807) is 0 Å². The van der Waals surface area contributed by atoms with Crippen molar-refractivity contribution >= 4 is 5.78 Å². The van der Waals surface area contributed by atoms with Crippen LogP contribution in [-0.2, 0) is 9.53 Å². The molecule has 2 N–H and O–H groups in total. The normalized spacial score (nSPS) is 8.80. The van der Waals surface area contributed by atoms with Crippen molar-refractivity contribution in [3.8, 4) is 12.3 Å². The van der Waals surface area contributed by atoms with Crippen LogP contribution in [-0.4, -0.2) is 25.5 Å². The van der Waals surface area contributed by atoms with Crippen LogP contribution in [0.25, 0.3) is 0 Å². The van der Waals surface area contributed by atoms with Gasteiger partial charge < -0.3 is 10.5 Å². The summed E-state index contributed by atoms with van der Waals surface area (Å²) in [5.41, 5.74) is 5.11. The highest BCUT2D eigenvalue weighted by molar-refractivity contribution is 5.81. The van der Waals surface area contributed by atoms with Gasteiger partial charge in [0, 0.05) is 6.54 Å². The summed E-state index contributed by atoms with van der Waals surface area (Å²) in [7, 11) is 0. The van der Waals surface area contributed by atoms with E-state index in [0.717, 1.165) is 0 Å². The first-order valence-corrected chi connectivity index (χ1v) is 3.04. The lowest BCUT2D eigenvalue weighted by Gasteiger charge is -1.97. The second-order valence-corrected chi connectivity index (χ2v) is 1.76. The van der Waals surface area contributed by atoms with Gasteiger partial charge in [0.15, 0.2) is 5.78 Å². The van der Waals surface area contributed by atoms with Gasteiger partial charge in [-0.25, -0.2) is 0 Å². The number of carbonyl (C=O) groups is 1. The number of terminal acetylenes is 1. The van der Waals surface area contributed by atoms with Crippen LogP contribution in [0, 0.1) is 12.3 Å². The van der Waals surface area contributed by atoms with Crippen LogP contribution in [0.1, 0.15) is 6.42 Å². The van der Waals surface area contributed by atoms with Gasteiger partial charge in [-0.1, -0.05) is 5.92 Å². The first-order valence-electron chi connectivity index (χ1n) is 3.04. The molecule has 0 aliphatic heterocycles. The number of nitrogens with two attached hydrogens (primary N) is 1. The van der Waals surface area contributed by atoms with Gasteiger partial charge in [0.2, 0.25) is 0 Å². The molecule has 0 aromatic rings. The molecule has 10 heavy (non-hydrogen) atoms. The van der Waals surface area contributed by atoms with Gasteiger partial charge in [0.25, 0.3) is 0 Å². The summed E-state index contributed by atoms with van der Waals surface area (Å²) in [6.45, 7) is 0.932. The molecule has 0 saturated carbocycles. The lowest BCUT2D eigenvalue weighted by molar-refractivity contribution is -0.122. The van der Waals surface area contributed by atoms with Gasteiger partial charge in [0.1, 0.15) is 6.61 Å². The fourth-order valence-electron chi connectivity index (χ4n) is 0.434. The second-order valence-electron chi connectivity index (χ2n) is 1.76. The summed E-state index contributed by atoms with van der Waals surface area (Å²) in [6.07, 6.45) is 5.03. The van der Waals surface area contributed by atoms with E-state index in [2.05, 4.69) is 5.92 Å². The standard InChI is InChI=1S/C7H11NO2/c1-2-3-7(9)6-10-5-4-8/h1H,3-6,8H2. The van der Waals surface area contributed by atoms with Crippen molar-refractivity contribution in [2.75, 3.05) is 19.8 Å². The van der Waals surface area contributed by atoms with Gasteiger partial charge in [-0.05, 0) is 0 Å². The van der Waals surface area contributed by atoms with Crippen molar-refractivity contribution < 1.29 is 9.53 Å². The van der Waals surface area contributed by atoms with Crippen molar-refractivity contribution in [1.82, 2.24) is 0 Å². The minimum atomic E-state index is -0.0732. The summed E-state index contributed by atoms with van der Waals surface area (Å²) in [5, 5.41) is 0. The van der Waals surface area contributed by atoms with Crippen LogP contribution >= 0.6 is 0 Å². The van der Waals surface area contributed by atoms with Crippen molar-refractivity contribution in [3.05, 3.63) is 0 Å². The molecule has 0 unspecified atom stereocenters. The highest BCUT2D eigenvalue weighted by Gasteiger charge is 1.96. The quantitative estimate of drug-likeness (QED) is 0.417. The monoisotopic (exact) mass is 141 g/mol. The molecule has 0 spiro atoms. The third-order valence-electron chi connectivity index (χ3n) is 0.824. The number of hydrogen-bond acceptors (Lipinski definition) is 3. The molecule has 0 atom stereocenters. The van der Waals surface area contributed by atoms with Gasteiger partial charge in [-0.2, -0.15) is 0 Å². The largest absolute Gasteiger partial charge is 0.372 e. The maximum absolute atomic E-state index is 10.6. The average molecular weight is 141 g/mol. The highest BCUT2D eigenvalue weighted by atomic mass is 16.5. The van der Waals surface area contributed by atoms with Crippen LogP contribution in [0.5, 0.6) is 0 Å². The zero-order valence-corrected chi connectivity index (χ0v) is 5.80. The minimum absolute atomic E-state index is 0.0732. The average Bonchev–Trinajstić information content (AvgIpc) is 1.89. The molecule has 0 aromatic carbocycles. The Morgan fingerprint density at radius 3 is 2.90 bits per heavy atom. The van der Waals surface area contributed by atoms with E-state index >= 15 is 0 Å². The number of rotatable bonds is 5. The Kier molecular flexibility index (Phi) is 5.74. The molecule has 0 rings (SSSR count). The summed E-state index contributed by atoms with van der Waals surface area (Å²) in [6, 6.07) is 0. The Balaban J connectivity index is 3.15. The Hall–Kier alpha value is -0.850. The first kappa shape index (κ1) is 9.15. The number of Topliss-reactive ketones (excluding diaryl/α,β-unsaturated/α-hetero) is 1. The van der Waals surface area contributed by atoms with Gasteiger partial charge >= 0.3 is 0 Å². The highest BCUT2D eigenvalue weighted by Crippen LogP contribution is 1.81. The van der Waals surface area contributed by atoms with Crippen LogP contribution in [0.15, 0.2) is 0 Å². The van der Waals surface area contributed by atoms with Crippen LogP contribution in [0.4, 0.5) is 0 Å². The van der Waals surface area contributed by atoms with E-state index in [1.165, 1.54) is 0 Å². The molecule has 0 aliphatic rings. The Morgan fingerprint density at radius 1 is 1.70 bits per heavy atom. The molecule has 0 saturated heterocycles. The van der Waals surface area contributed by atoms with Crippen molar-refractivity contribution in [1.29, 1.82) is 0 Å². The lowest BCUT2D eigenvalue weighted by atomic mass is 10.3. The van der Waals surface area contributed by atoms with Crippen molar-refractivity contribution in [2.24, 2.45) is 5.73 Å². The summed E-state index contributed by atoms with van der Waals surface area (Å²) >= 11 is 0. The third kappa shape index (κ3) is 5.29. The maximum atomic E-state index is 10.6. The van der Waals surface area contributed by atoms with E-state index in [4.69, 9.17) is 16.9 Å². The molecule has 3 nitrogen and oxygen atoms in total. The SMILES string of the molecule is C#CCC(=O)COCCN. The number of ketones is 1. The van der Waals surface area contributed by atoms with Crippen LogP contribution < -0.4 is 5.73 Å². The number of ether oxygens (including phenoxy) is 1. The molecule has 0 bridgehead atoms. The number of hydrogen-bond donors (Lipinski definition) is 1. The molecule has 3 heteroatoms. The van der Waals surface area contributed by atoms with E-state index in [1.807, 2.05) is 0 Å². The van der Waals surface area contributed by atoms with Gasteiger partial charge in [-0.3, -0.25) is 4.79 Å². The fourth-order valence-corrected chi connectivity index (χ4v) is 0.434. The molecule has 0 aromatic heterocycles. The molecule has 0 aliphatic carbocycles. The fraction of sp³-hybridized carbons (Fsp3) is 0.571. The molecule has 0 amide bonds. The molecular weight excluding hydrogens is 130 g/mol. The predicted octanol–water partition coefficient (Wildman–Crippen LogP) is -0.446.